The number of esters is 1. The standard InChI is InChI=1S/C18H24O4/c1-6-15(19)21-10-9-18(5)8-7-14-13(4)16(20)11(2)12(3)17(14)22-18/h6,20H,1,7-10H2,2-5H3. The maximum Gasteiger partial charge on any atom is 0.330 e. The minimum atomic E-state index is -0.410. The third-order valence-corrected chi connectivity index (χ3v) is 4.63. The van der Waals surface area contributed by atoms with Crippen LogP contribution in [0.3, 0.4) is 0 Å². The second-order valence-corrected chi connectivity index (χ2v) is 6.20. The van der Waals surface area contributed by atoms with E-state index in [1.54, 1.807) is 0 Å². The molecular formula is C18H24O4. The van der Waals surface area contributed by atoms with E-state index < -0.39 is 5.97 Å². The van der Waals surface area contributed by atoms with Crippen molar-refractivity contribution in [2.75, 3.05) is 6.61 Å². The van der Waals surface area contributed by atoms with Crippen molar-refractivity contribution in [3.05, 3.63) is 34.9 Å². The van der Waals surface area contributed by atoms with Gasteiger partial charge in [0.2, 0.25) is 0 Å². The van der Waals surface area contributed by atoms with Gasteiger partial charge in [-0.1, -0.05) is 6.58 Å². The zero-order valence-electron chi connectivity index (χ0n) is 13.8. The van der Waals surface area contributed by atoms with Gasteiger partial charge in [0, 0.05) is 18.1 Å². The molecule has 4 heteroatoms. The van der Waals surface area contributed by atoms with E-state index in [2.05, 4.69) is 6.58 Å². The molecule has 1 aromatic carbocycles. The third kappa shape index (κ3) is 2.96. The quantitative estimate of drug-likeness (QED) is 0.683. The lowest BCUT2D eigenvalue weighted by atomic mass is 9.86. The molecule has 1 aliphatic heterocycles. The molecule has 0 saturated heterocycles. The normalized spacial score (nSPS) is 20.0. The summed E-state index contributed by atoms with van der Waals surface area (Å²) < 4.78 is 11.3. The molecule has 22 heavy (non-hydrogen) atoms. The topological polar surface area (TPSA) is 55.8 Å². The van der Waals surface area contributed by atoms with Gasteiger partial charge < -0.3 is 14.6 Å². The number of carbonyl (C=O) groups excluding carboxylic acids is 1. The average molecular weight is 304 g/mol. The number of hydrogen-bond acceptors (Lipinski definition) is 4. The maximum atomic E-state index is 11.1. The third-order valence-electron chi connectivity index (χ3n) is 4.63. The summed E-state index contributed by atoms with van der Waals surface area (Å²) in [4.78, 5) is 11.1. The highest BCUT2D eigenvalue weighted by Crippen LogP contribution is 2.43. The molecule has 4 nitrogen and oxygen atoms in total. The Morgan fingerprint density at radius 1 is 1.36 bits per heavy atom. The molecule has 0 bridgehead atoms. The number of rotatable bonds is 4. The fraction of sp³-hybridized carbons (Fsp3) is 0.500. The molecule has 1 heterocycles. The summed E-state index contributed by atoms with van der Waals surface area (Å²) in [5, 5.41) is 10.2. The molecule has 0 amide bonds. The fourth-order valence-corrected chi connectivity index (χ4v) is 2.90. The van der Waals surface area contributed by atoms with Gasteiger partial charge in [-0.05, 0) is 57.2 Å². The number of carbonyl (C=O) groups is 1. The van der Waals surface area contributed by atoms with Crippen LogP contribution in [0.4, 0.5) is 0 Å². The molecule has 1 aromatic rings. The Bertz CT molecular complexity index is 618. The second-order valence-electron chi connectivity index (χ2n) is 6.20. The van der Waals surface area contributed by atoms with Crippen LogP contribution in [0.15, 0.2) is 12.7 Å². The smallest absolute Gasteiger partial charge is 0.330 e. The predicted octanol–water partition coefficient (Wildman–Crippen LogP) is 3.52. The Morgan fingerprint density at radius 3 is 2.68 bits per heavy atom. The van der Waals surface area contributed by atoms with Crippen LogP contribution in [-0.2, 0) is 16.0 Å². The lowest BCUT2D eigenvalue weighted by Gasteiger charge is -2.37. The summed E-state index contributed by atoms with van der Waals surface area (Å²) >= 11 is 0. The van der Waals surface area contributed by atoms with Crippen LogP contribution in [0.25, 0.3) is 0 Å². The molecule has 0 radical (unpaired) electrons. The summed E-state index contributed by atoms with van der Waals surface area (Å²) in [7, 11) is 0. The molecule has 0 saturated carbocycles. The van der Waals surface area contributed by atoms with Crippen LogP contribution in [-0.4, -0.2) is 23.3 Å². The van der Waals surface area contributed by atoms with E-state index in [0.717, 1.165) is 40.8 Å². The van der Waals surface area contributed by atoms with Gasteiger partial charge in [-0.25, -0.2) is 4.79 Å². The van der Waals surface area contributed by atoms with Crippen molar-refractivity contribution in [2.24, 2.45) is 0 Å². The van der Waals surface area contributed by atoms with Crippen molar-refractivity contribution in [3.8, 4) is 11.5 Å². The van der Waals surface area contributed by atoms with E-state index in [-0.39, 0.29) is 5.60 Å². The van der Waals surface area contributed by atoms with E-state index >= 15 is 0 Å². The molecule has 0 spiro atoms. The lowest BCUT2D eigenvalue weighted by molar-refractivity contribution is -0.139. The Morgan fingerprint density at radius 2 is 2.05 bits per heavy atom. The Kier molecular flexibility index (Phi) is 4.50. The molecule has 1 unspecified atom stereocenters. The number of hydrogen-bond donors (Lipinski definition) is 1. The van der Waals surface area contributed by atoms with E-state index in [9.17, 15) is 9.90 Å². The van der Waals surface area contributed by atoms with Crippen LogP contribution in [0.2, 0.25) is 0 Å². The van der Waals surface area contributed by atoms with Gasteiger partial charge in [0.15, 0.2) is 0 Å². The molecule has 0 aliphatic carbocycles. The highest BCUT2D eigenvalue weighted by atomic mass is 16.5. The lowest BCUT2D eigenvalue weighted by Crippen LogP contribution is -2.38. The first-order chi connectivity index (χ1) is 10.3. The zero-order valence-corrected chi connectivity index (χ0v) is 13.8. The van der Waals surface area contributed by atoms with Crippen LogP contribution in [0.5, 0.6) is 11.5 Å². The highest BCUT2D eigenvalue weighted by Gasteiger charge is 2.34. The van der Waals surface area contributed by atoms with E-state index in [1.807, 2.05) is 27.7 Å². The summed E-state index contributed by atoms with van der Waals surface area (Å²) in [6, 6.07) is 0. The van der Waals surface area contributed by atoms with Crippen molar-refractivity contribution in [1.82, 2.24) is 0 Å². The number of fused-ring (bicyclic) bond motifs is 1. The Hall–Kier alpha value is -1.97. The molecule has 1 N–H and O–H groups in total. The van der Waals surface area contributed by atoms with Gasteiger partial charge in [0.05, 0.1) is 6.61 Å². The number of benzene rings is 1. The van der Waals surface area contributed by atoms with Gasteiger partial charge in [0.25, 0.3) is 0 Å². The van der Waals surface area contributed by atoms with Crippen molar-refractivity contribution < 1.29 is 19.4 Å². The Labute approximate surface area is 131 Å². The highest BCUT2D eigenvalue weighted by molar-refractivity contribution is 5.81. The van der Waals surface area contributed by atoms with Gasteiger partial charge >= 0.3 is 5.97 Å². The van der Waals surface area contributed by atoms with Crippen molar-refractivity contribution in [2.45, 2.75) is 52.6 Å². The van der Waals surface area contributed by atoms with Crippen LogP contribution < -0.4 is 4.74 Å². The summed E-state index contributed by atoms with van der Waals surface area (Å²) in [5.41, 5.74) is 3.46. The minimum Gasteiger partial charge on any atom is -0.507 e. The molecule has 0 aromatic heterocycles. The summed E-state index contributed by atoms with van der Waals surface area (Å²) in [6.45, 7) is 11.5. The second kappa shape index (κ2) is 6.03. The molecule has 1 atom stereocenters. The van der Waals surface area contributed by atoms with Crippen LogP contribution >= 0.6 is 0 Å². The maximum absolute atomic E-state index is 11.1. The first kappa shape index (κ1) is 16.4. The SMILES string of the molecule is C=CC(=O)OCCC1(C)CCc2c(C)c(O)c(C)c(C)c2O1. The predicted molar refractivity (Wildman–Crippen MR) is 85.4 cm³/mol. The monoisotopic (exact) mass is 304 g/mol. The van der Waals surface area contributed by atoms with Crippen molar-refractivity contribution >= 4 is 5.97 Å². The molecular weight excluding hydrogens is 280 g/mol. The number of phenolic OH excluding ortho intramolecular Hbond substituents is 1. The van der Waals surface area contributed by atoms with Crippen molar-refractivity contribution in [3.63, 3.8) is 0 Å². The molecule has 2 rings (SSSR count). The minimum absolute atomic E-state index is 0.311. The molecule has 120 valence electrons. The van der Waals surface area contributed by atoms with Gasteiger partial charge in [0.1, 0.15) is 17.1 Å². The van der Waals surface area contributed by atoms with Gasteiger partial charge in [-0.2, -0.15) is 0 Å². The van der Waals surface area contributed by atoms with Crippen molar-refractivity contribution in [1.29, 1.82) is 0 Å². The first-order valence-corrected chi connectivity index (χ1v) is 7.59. The molecule has 1 aliphatic rings. The first-order valence-electron chi connectivity index (χ1n) is 7.59. The number of aromatic hydroxyl groups is 1. The van der Waals surface area contributed by atoms with E-state index in [4.69, 9.17) is 9.47 Å². The van der Waals surface area contributed by atoms with Crippen LogP contribution in [0, 0.1) is 20.8 Å². The molecule has 0 fully saturated rings. The van der Waals surface area contributed by atoms with E-state index in [0.29, 0.717) is 18.8 Å². The van der Waals surface area contributed by atoms with E-state index in [1.165, 1.54) is 6.08 Å². The Balaban J connectivity index is 2.20. The largest absolute Gasteiger partial charge is 0.507 e. The number of phenols is 1. The van der Waals surface area contributed by atoms with Gasteiger partial charge in [-0.3, -0.25) is 0 Å². The van der Waals surface area contributed by atoms with Crippen LogP contribution in [0.1, 0.15) is 42.0 Å². The number of ether oxygens (including phenoxy) is 2. The zero-order chi connectivity index (χ0) is 16.5. The summed E-state index contributed by atoms with van der Waals surface area (Å²) in [6.07, 6.45) is 3.47. The summed E-state index contributed by atoms with van der Waals surface area (Å²) in [5.74, 6) is 0.826. The average Bonchev–Trinajstić information content (AvgIpc) is 2.50. The fourth-order valence-electron chi connectivity index (χ4n) is 2.90. The van der Waals surface area contributed by atoms with Gasteiger partial charge in [-0.15, -0.1) is 0 Å².